The van der Waals surface area contributed by atoms with Crippen LogP contribution in [0.5, 0.6) is 0 Å². The summed E-state index contributed by atoms with van der Waals surface area (Å²) in [6.07, 6.45) is 1.73. The third-order valence-electron chi connectivity index (χ3n) is 6.34. The quantitative estimate of drug-likeness (QED) is 0.330. The van der Waals surface area contributed by atoms with Gasteiger partial charge in [0.25, 0.3) is 17.7 Å². The van der Waals surface area contributed by atoms with Crippen LogP contribution in [0.15, 0.2) is 54.6 Å². The Labute approximate surface area is 206 Å². The number of benzene rings is 2. The second-order valence-corrected chi connectivity index (χ2v) is 9.01. The number of aromatic nitrogens is 4. The van der Waals surface area contributed by atoms with Crippen molar-refractivity contribution in [2.24, 2.45) is 5.92 Å². The Kier molecular flexibility index (Phi) is 5.92. The molecule has 3 aromatic rings. The second-order valence-electron chi connectivity index (χ2n) is 9.01. The van der Waals surface area contributed by atoms with Crippen LogP contribution in [0.4, 0.5) is 4.79 Å². The molecule has 3 N–H and O–H groups in total. The fourth-order valence-corrected chi connectivity index (χ4v) is 4.12. The lowest BCUT2D eigenvalue weighted by atomic mass is 9.96. The van der Waals surface area contributed by atoms with Crippen LogP contribution in [0.2, 0.25) is 0 Å². The Morgan fingerprint density at radius 2 is 1.78 bits per heavy atom. The summed E-state index contributed by atoms with van der Waals surface area (Å²) >= 11 is 0. The minimum Gasteiger partial charge on any atom is -0.323 e. The number of nitrogens with one attached hydrogen (secondary N) is 3. The van der Waals surface area contributed by atoms with Gasteiger partial charge in [0.1, 0.15) is 12.1 Å². The number of hydrogen-bond donors (Lipinski definition) is 3. The fraction of sp³-hybridized carbons (Fsp3) is 0.292. The molecular weight excluding hydrogens is 464 g/mol. The van der Waals surface area contributed by atoms with E-state index in [2.05, 4.69) is 31.6 Å². The van der Waals surface area contributed by atoms with Gasteiger partial charge < -0.3 is 5.32 Å². The SMILES string of the molecule is CC1(C2CC2)NC(=O)N(CC(=O)NNC(=O)c2ccc(Cn3nnc(-c4ccccc4)n3)cc2)C1=O. The normalized spacial score (nSPS) is 19.2. The molecular formula is C24H24N8O4. The first-order valence-electron chi connectivity index (χ1n) is 11.5. The molecule has 1 aliphatic carbocycles. The molecule has 5 rings (SSSR count). The number of hydrogen-bond acceptors (Lipinski definition) is 7. The highest BCUT2D eigenvalue weighted by molar-refractivity contribution is 6.09. The van der Waals surface area contributed by atoms with Crippen molar-refractivity contribution in [3.05, 3.63) is 65.7 Å². The lowest BCUT2D eigenvalue weighted by molar-refractivity contribution is -0.135. The number of urea groups is 1. The molecule has 12 heteroatoms. The van der Waals surface area contributed by atoms with E-state index in [4.69, 9.17) is 0 Å². The van der Waals surface area contributed by atoms with Gasteiger partial charge in [-0.1, -0.05) is 42.5 Å². The van der Waals surface area contributed by atoms with Gasteiger partial charge in [0.2, 0.25) is 5.82 Å². The van der Waals surface area contributed by atoms with Crippen LogP contribution in [0.1, 0.15) is 35.7 Å². The molecule has 1 aliphatic heterocycles. The molecule has 1 saturated heterocycles. The summed E-state index contributed by atoms with van der Waals surface area (Å²) in [6, 6.07) is 15.6. The van der Waals surface area contributed by atoms with Gasteiger partial charge in [0.05, 0.1) is 6.54 Å². The summed E-state index contributed by atoms with van der Waals surface area (Å²) in [5, 5.41) is 15.2. The van der Waals surface area contributed by atoms with E-state index in [1.807, 2.05) is 30.3 Å². The number of carbonyl (C=O) groups is 4. The molecule has 2 fully saturated rings. The zero-order chi connectivity index (χ0) is 25.3. The molecule has 2 aromatic carbocycles. The average Bonchev–Trinajstić information content (AvgIpc) is 3.61. The molecule has 1 unspecified atom stereocenters. The largest absolute Gasteiger partial charge is 0.325 e. The van der Waals surface area contributed by atoms with Crippen LogP contribution >= 0.6 is 0 Å². The van der Waals surface area contributed by atoms with Crippen LogP contribution in [0, 0.1) is 5.92 Å². The zero-order valence-corrected chi connectivity index (χ0v) is 19.5. The average molecular weight is 489 g/mol. The van der Waals surface area contributed by atoms with Gasteiger partial charge >= 0.3 is 6.03 Å². The van der Waals surface area contributed by atoms with Crippen molar-refractivity contribution in [3.8, 4) is 11.4 Å². The Balaban J connectivity index is 1.12. The Morgan fingerprint density at radius 1 is 1.06 bits per heavy atom. The number of imide groups is 1. The number of hydrazine groups is 1. The minimum atomic E-state index is -0.965. The summed E-state index contributed by atoms with van der Waals surface area (Å²) in [5.41, 5.74) is 5.61. The number of carbonyl (C=O) groups excluding carboxylic acids is 4. The van der Waals surface area contributed by atoms with E-state index >= 15 is 0 Å². The molecule has 1 atom stereocenters. The van der Waals surface area contributed by atoms with Crippen molar-refractivity contribution in [3.63, 3.8) is 0 Å². The number of nitrogens with zero attached hydrogens (tertiary/aromatic N) is 5. The zero-order valence-electron chi connectivity index (χ0n) is 19.5. The van der Waals surface area contributed by atoms with Gasteiger partial charge in [0, 0.05) is 11.1 Å². The van der Waals surface area contributed by atoms with E-state index < -0.39 is 35.8 Å². The molecule has 5 amide bonds. The van der Waals surface area contributed by atoms with E-state index in [0.29, 0.717) is 17.9 Å². The summed E-state index contributed by atoms with van der Waals surface area (Å²) in [5.74, 6) is -1.04. The maximum Gasteiger partial charge on any atom is 0.325 e. The molecule has 36 heavy (non-hydrogen) atoms. The van der Waals surface area contributed by atoms with Crippen LogP contribution < -0.4 is 16.2 Å². The third kappa shape index (κ3) is 4.65. The van der Waals surface area contributed by atoms with Gasteiger partial charge in [-0.05, 0) is 48.6 Å². The molecule has 0 radical (unpaired) electrons. The summed E-state index contributed by atoms with van der Waals surface area (Å²) in [7, 11) is 0. The topological polar surface area (TPSA) is 151 Å². The van der Waals surface area contributed by atoms with Crippen LogP contribution in [-0.2, 0) is 16.1 Å². The van der Waals surface area contributed by atoms with E-state index in [0.717, 1.165) is 28.9 Å². The van der Waals surface area contributed by atoms with Gasteiger partial charge in [0.15, 0.2) is 0 Å². The first-order chi connectivity index (χ1) is 17.3. The van der Waals surface area contributed by atoms with E-state index in [9.17, 15) is 19.2 Å². The standard InChI is InChI=1S/C24H24N8O4/c1-24(18-11-12-18)22(35)31(23(36)25-24)14-19(33)26-28-21(34)17-9-7-15(8-10-17)13-32-29-20(27-30-32)16-5-3-2-4-6-16/h2-10,18H,11-14H2,1H3,(H,25,36)(H,26,33)(H,28,34). The van der Waals surface area contributed by atoms with E-state index in [1.165, 1.54) is 4.80 Å². The highest BCUT2D eigenvalue weighted by Crippen LogP contribution is 2.42. The molecule has 0 bridgehead atoms. The van der Waals surface area contributed by atoms with E-state index in [1.54, 1.807) is 31.2 Å². The first-order valence-corrected chi connectivity index (χ1v) is 11.5. The summed E-state index contributed by atoms with van der Waals surface area (Å²) < 4.78 is 0. The molecule has 0 spiro atoms. The van der Waals surface area contributed by atoms with Crippen molar-refractivity contribution >= 4 is 23.8 Å². The molecule has 12 nitrogen and oxygen atoms in total. The summed E-state index contributed by atoms with van der Waals surface area (Å²) in [4.78, 5) is 51.8. The monoisotopic (exact) mass is 488 g/mol. The Hall–Kier alpha value is -4.61. The van der Waals surface area contributed by atoms with Crippen molar-refractivity contribution < 1.29 is 19.2 Å². The Morgan fingerprint density at radius 3 is 2.47 bits per heavy atom. The third-order valence-corrected chi connectivity index (χ3v) is 6.34. The van der Waals surface area contributed by atoms with Crippen LogP contribution in [0.25, 0.3) is 11.4 Å². The number of tetrazole rings is 1. The molecule has 1 saturated carbocycles. The molecule has 184 valence electrons. The number of amides is 5. The lowest BCUT2D eigenvalue weighted by Crippen LogP contribution is -2.49. The molecule has 2 aliphatic rings. The predicted molar refractivity (Wildman–Crippen MR) is 126 cm³/mol. The summed E-state index contributed by atoms with van der Waals surface area (Å²) in [6.45, 7) is 1.56. The van der Waals surface area contributed by atoms with Crippen molar-refractivity contribution in [1.29, 1.82) is 0 Å². The first kappa shape index (κ1) is 23.1. The highest BCUT2D eigenvalue weighted by atomic mass is 16.2. The van der Waals surface area contributed by atoms with Crippen molar-refractivity contribution in [1.82, 2.24) is 41.3 Å². The van der Waals surface area contributed by atoms with Gasteiger partial charge in [-0.3, -0.25) is 30.1 Å². The number of rotatable bonds is 7. The molecule has 2 heterocycles. The maximum atomic E-state index is 12.6. The van der Waals surface area contributed by atoms with Crippen molar-refractivity contribution in [2.75, 3.05) is 6.54 Å². The second kappa shape index (κ2) is 9.21. The smallest absolute Gasteiger partial charge is 0.323 e. The van der Waals surface area contributed by atoms with Crippen LogP contribution in [-0.4, -0.2) is 60.9 Å². The predicted octanol–water partition coefficient (Wildman–Crippen LogP) is 0.870. The van der Waals surface area contributed by atoms with Gasteiger partial charge in [-0.2, -0.15) is 4.80 Å². The minimum absolute atomic E-state index is 0.0935. The fourth-order valence-electron chi connectivity index (χ4n) is 4.12. The van der Waals surface area contributed by atoms with Gasteiger partial charge in [-0.25, -0.2) is 4.79 Å². The molecule has 1 aromatic heterocycles. The maximum absolute atomic E-state index is 12.6. The van der Waals surface area contributed by atoms with Gasteiger partial charge in [-0.15, -0.1) is 10.2 Å². The lowest BCUT2D eigenvalue weighted by Gasteiger charge is -2.20. The Bertz CT molecular complexity index is 1320. The van der Waals surface area contributed by atoms with E-state index in [-0.39, 0.29) is 5.92 Å². The highest BCUT2D eigenvalue weighted by Gasteiger charge is 2.56. The van der Waals surface area contributed by atoms with Crippen molar-refractivity contribution in [2.45, 2.75) is 31.8 Å². The van der Waals surface area contributed by atoms with Crippen LogP contribution in [0.3, 0.4) is 0 Å².